The summed E-state index contributed by atoms with van der Waals surface area (Å²) in [6, 6.07) is 15.3. The Bertz CT molecular complexity index is 537. The molecule has 4 heteroatoms. The highest BCUT2D eigenvalue weighted by Gasteiger charge is 2.05. The summed E-state index contributed by atoms with van der Waals surface area (Å²) in [5, 5.41) is 13.1. The topological polar surface area (TPSA) is 50.7 Å². The Kier molecular flexibility index (Phi) is 5.46. The van der Waals surface area contributed by atoms with E-state index >= 15 is 0 Å². The number of methoxy groups -OCH3 is 1. The Balaban J connectivity index is 1.73. The van der Waals surface area contributed by atoms with Crippen molar-refractivity contribution in [2.45, 2.75) is 13.0 Å². The minimum atomic E-state index is -0.576. The number of benzene rings is 2. The highest BCUT2D eigenvalue weighted by Crippen LogP contribution is 2.15. The average Bonchev–Trinajstić information content (AvgIpc) is 2.53. The first kappa shape index (κ1) is 15.2. The molecule has 0 radical (unpaired) electrons. The Labute approximate surface area is 125 Å². The van der Waals surface area contributed by atoms with Gasteiger partial charge in [-0.05, 0) is 43.3 Å². The van der Waals surface area contributed by atoms with Crippen LogP contribution < -0.4 is 14.8 Å². The third kappa shape index (κ3) is 5.00. The van der Waals surface area contributed by atoms with Gasteiger partial charge >= 0.3 is 0 Å². The van der Waals surface area contributed by atoms with E-state index in [4.69, 9.17) is 9.47 Å². The fourth-order valence-corrected chi connectivity index (χ4v) is 1.83. The van der Waals surface area contributed by atoms with Crippen LogP contribution in [0.5, 0.6) is 11.5 Å². The predicted molar refractivity (Wildman–Crippen MR) is 84.2 cm³/mol. The monoisotopic (exact) mass is 287 g/mol. The second-order valence-corrected chi connectivity index (χ2v) is 4.89. The summed E-state index contributed by atoms with van der Waals surface area (Å²) in [4.78, 5) is 0. The lowest BCUT2D eigenvalue weighted by Crippen LogP contribution is -2.26. The zero-order chi connectivity index (χ0) is 15.1. The first-order valence-electron chi connectivity index (χ1n) is 6.93. The fraction of sp³-hybridized carbons (Fsp3) is 0.294. The second-order valence-electron chi connectivity index (χ2n) is 4.89. The fourth-order valence-electron chi connectivity index (χ4n) is 1.83. The Morgan fingerprint density at radius 2 is 1.62 bits per heavy atom. The molecule has 0 aromatic heterocycles. The Morgan fingerprint density at radius 3 is 2.24 bits per heavy atom. The highest BCUT2D eigenvalue weighted by molar-refractivity contribution is 5.46. The van der Waals surface area contributed by atoms with Crippen LogP contribution in [0, 0.1) is 6.92 Å². The number of rotatable bonds is 7. The molecule has 21 heavy (non-hydrogen) atoms. The maximum absolute atomic E-state index is 9.91. The van der Waals surface area contributed by atoms with E-state index < -0.39 is 6.10 Å². The van der Waals surface area contributed by atoms with Crippen molar-refractivity contribution < 1.29 is 14.6 Å². The van der Waals surface area contributed by atoms with Crippen LogP contribution in [-0.2, 0) is 0 Å². The average molecular weight is 287 g/mol. The number of aliphatic hydroxyl groups is 1. The normalized spacial score (nSPS) is 11.8. The van der Waals surface area contributed by atoms with E-state index in [0.717, 1.165) is 17.2 Å². The number of ether oxygens (including phenoxy) is 2. The lowest BCUT2D eigenvalue weighted by molar-refractivity contribution is 0.117. The Hall–Kier alpha value is -2.20. The predicted octanol–water partition coefficient (Wildman–Crippen LogP) is 2.86. The van der Waals surface area contributed by atoms with Gasteiger partial charge in [0.25, 0.3) is 0 Å². The smallest absolute Gasteiger partial charge is 0.119 e. The van der Waals surface area contributed by atoms with Crippen LogP contribution >= 0.6 is 0 Å². The number of nitrogens with one attached hydrogen (secondary N) is 1. The second kappa shape index (κ2) is 7.55. The van der Waals surface area contributed by atoms with Crippen LogP contribution in [0.2, 0.25) is 0 Å². The zero-order valence-corrected chi connectivity index (χ0v) is 12.4. The van der Waals surface area contributed by atoms with E-state index in [2.05, 4.69) is 5.32 Å². The number of aryl methyl sites for hydroxylation is 1. The van der Waals surface area contributed by atoms with Gasteiger partial charge in [0.05, 0.1) is 7.11 Å². The molecule has 0 fully saturated rings. The van der Waals surface area contributed by atoms with Crippen molar-refractivity contribution in [2.75, 3.05) is 25.6 Å². The van der Waals surface area contributed by atoms with Crippen molar-refractivity contribution in [3.63, 3.8) is 0 Å². The lowest BCUT2D eigenvalue weighted by atomic mass is 10.2. The largest absolute Gasteiger partial charge is 0.497 e. The first-order chi connectivity index (χ1) is 10.2. The molecule has 0 aliphatic rings. The van der Waals surface area contributed by atoms with Crippen LogP contribution in [0.4, 0.5) is 5.69 Å². The van der Waals surface area contributed by atoms with Crippen molar-refractivity contribution in [3.8, 4) is 11.5 Å². The molecule has 1 atom stereocenters. The van der Waals surface area contributed by atoms with Crippen molar-refractivity contribution in [2.24, 2.45) is 0 Å². The van der Waals surface area contributed by atoms with Gasteiger partial charge in [0.2, 0.25) is 0 Å². The minimum absolute atomic E-state index is 0.256. The van der Waals surface area contributed by atoms with Gasteiger partial charge in [-0.3, -0.25) is 0 Å². The molecule has 0 aliphatic heterocycles. The molecule has 0 aliphatic carbocycles. The van der Waals surface area contributed by atoms with E-state index in [1.54, 1.807) is 7.11 Å². The van der Waals surface area contributed by atoms with Gasteiger partial charge in [-0.25, -0.2) is 0 Å². The summed E-state index contributed by atoms with van der Waals surface area (Å²) in [6.07, 6.45) is -0.576. The number of anilines is 1. The first-order valence-corrected chi connectivity index (χ1v) is 6.93. The molecule has 0 amide bonds. The van der Waals surface area contributed by atoms with Crippen molar-refractivity contribution in [3.05, 3.63) is 54.1 Å². The van der Waals surface area contributed by atoms with E-state index in [0.29, 0.717) is 6.54 Å². The molecule has 0 spiro atoms. The summed E-state index contributed by atoms with van der Waals surface area (Å²) in [6.45, 7) is 2.71. The standard InChI is InChI=1S/C17H21NO3/c1-13-3-7-17(8-4-13)21-12-15(19)11-18-14-5-9-16(20-2)10-6-14/h3-10,15,18-19H,11-12H2,1-2H3/t15-/m1/s1. The molecule has 0 saturated carbocycles. The maximum atomic E-state index is 9.91. The minimum Gasteiger partial charge on any atom is -0.497 e. The molecule has 112 valence electrons. The van der Waals surface area contributed by atoms with Gasteiger partial charge in [-0.2, -0.15) is 0 Å². The van der Waals surface area contributed by atoms with Crippen LogP contribution in [0.1, 0.15) is 5.56 Å². The van der Waals surface area contributed by atoms with Gasteiger partial charge in [-0.1, -0.05) is 17.7 Å². The van der Waals surface area contributed by atoms with Crippen LogP contribution in [0.25, 0.3) is 0 Å². The molecule has 2 rings (SSSR count). The molecule has 2 aromatic carbocycles. The van der Waals surface area contributed by atoms with Gasteiger partial charge in [0.1, 0.15) is 24.2 Å². The molecule has 0 saturated heterocycles. The van der Waals surface area contributed by atoms with Crippen molar-refractivity contribution >= 4 is 5.69 Å². The van der Waals surface area contributed by atoms with Crippen LogP contribution in [-0.4, -0.2) is 31.5 Å². The molecule has 0 heterocycles. The molecule has 2 aromatic rings. The molecular formula is C17H21NO3. The Morgan fingerprint density at radius 1 is 1.00 bits per heavy atom. The number of hydrogen-bond acceptors (Lipinski definition) is 4. The van der Waals surface area contributed by atoms with Gasteiger partial charge in [0, 0.05) is 12.2 Å². The van der Waals surface area contributed by atoms with E-state index in [1.165, 1.54) is 5.56 Å². The molecule has 0 bridgehead atoms. The van der Waals surface area contributed by atoms with Crippen molar-refractivity contribution in [1.82, 2.24) is 0 Å². The molecule has 0 unspecified atom stereocenters. The van der Waals surface area contributed by atoms with Gasteiger partial charge in [0.15, 0.2) is 0 Å². The quantitative estimate of drug-likeness (QED) is 0.822. The van der Waals surface area contributed by atoms with Crippen molar-refractivity contribution in [1.29, 1.82) is 0 Å². The maximum Gasteiger partial charge on any atom is 0.119 e. The number of aliphatic hydroxyl groups excluding tert-OH is 1. The van der Waals surface area contributed by atoms with E-state index in [1.807, 2.05) is 55.5 Å². The highest BCUT2D eigenvalue weighted by atomic mass is 16.5. The SMILES string of the molecule is COc1ccc(NC[C@@H](O)COc2ccc(C)cc2)cc1. The van der Waals surface area contributed by atoms with Crippen LogP contribution in [0.15, 0.2) is 48.5 Å². The summed E-state index contributed by atoms with van der Waals surface area (Å²) >= 11 is 0. The van der Waals surface area contributed by atoms with Gasteiger partial charge < -0.3 is 19.9 Å². The molecular weight excluding hydrogens is 266 g/mol. The van der Waals surface area contributed by atoms with E-state index in [9.17, 15) is 5.11 Å². The van der Waals surface area contributed by atoms with Gasteiger partial charge in [-0.15, -0.1) is 0 Å². The summed E-state index contributed by atoms with van der Waals surface area (Å²) < 4.78 is 10.6. The summed E-state index contributed by atoms with van der Waals surface area (Å²) in [5.41, 5.74) is 2.12. The lowest BCUT2D eigenvalue weighted by Gasteiger charge is -2.14. The zero-order valence-electron chi connectivity index (χ0n) is 12.4. The third-order valence-corrected chi connectivity index (χ3v) is 3.10. The summed E-state index contributed by atoms with van der Waals surface area (Å²) in [5.74, 6) is 1.58. The van der Waals surface area contributed by atoms with E-state index in [-0.39, 0.29) is 6.61 Å². The number of hydrogen-bond donors (Lipinski definition) is 2. The molecule has 4 nitrogen and oxygen atoms in total. The molecule has 2 N–H and O–H groups in total. The van der Waals surface area contributed by atoms with Crippen LogP contribution in [0.3, 0.4) is 0 Å². The third-order valence-electron chi connectivity index (χ3n) is 3.10. The summed E-state index contributed by atoms with van der Waals surface area (Å²) in [7, 11) is 1.63.